The number of hydrogen-bond acceptors (Lipinski definition) is 3. The molecule has 0 saturated heterocycles. The van der Waals surface area contributed by atoms with E-state index >= 15 is 0 Å². The van der Waals surface area contributed by atoms with Gasteiger partial charge in [0.1, 0.15) is 0 Å². The van der Waals surface area contributed by atoms with Crippen LogP contribution < -0.4 is 10.6 Å². The van der Waals surface area contributed by atoms with Gasteiger partial charge in [-0.2, -0.15) is 5.10 Å². The van der Waals surface area contributed by atoms with E-state index in [9.17, 15) is 4.79 Å². The van der Waals surface area contributed by atoms with Gasteiger partial charge >= 0.3 is 6.03 Å². The summed E-state index contributed by atoms with van der Waals surface area (Å²) in [5.74, 6) is 0. The lowest BCUT2D eigenvalue weighted by Crippen LogP contribution is -2.28. The van der Waals surface area contributed by atoms with Crippen molar-refractivity contribution in [2.45, 2.75) is 38.3 Å². The minimum Gasteiger partial charge on any atom is -0.332 e. The second kappa shape index (κ2) is 8.44. The highest BCUT2D eigenvalue weighted by molar-refractivity contribution is 6.30. The van der Waals surface area contributed by atoms with Gasteiger partial charge < -0.3 is 10.6 Å². The SMILES string of the molecule is O=C(NCc1cc(-c2ccccn2)n(C2CCCC2)n1)Nc1cccc(Cl)c1. The van der Waals surface area contributed by atoms with Crippen LogP contribution in [0.1, 0.15) is 37.4 Å². The van der Waals surface area contributed by atoms with Gasteiger partial charge in [0.05, 0.1) is 29.7 Å². The number of carbonyl (C=O) groups excluding carboxylic acids is 1. The summed E-state index contributed by atoms with van der Waals surface area (Å²) in [5.41, 5.74) is 3.36. The molecule has 144 valence electrons. The highest BCUT2D eigenvalue weighted by Crippen LogP contribution is 2.33. The number of anilines is 1. The van der Waals surface area contributed by atoms with Crippen LogP contribution in [0.2, 0.25) is 5.02 Å². The number of amides is 2. The summed E-state index contributed by atoms with van der Waals surface area (Å²) in [6, 6.07) is 15.0. The number of rotatable bonds is 5. The standard InChI is InChI=1S/C21H22ClN5O/c22-15-6-5-7-16(12-15)25-21(28)24-14-17-13-20(19-10-3-4-11-23-19)27(26-17)18-8-1-2-9-18/h3-7,10-13,18H,1-2,8-9,14H2,(H2,24,25,28). The van der Waals surface area contributed by atoms with Crippen molar-refractivity contribution in [3.05, 3.63) is 65.4 Å². The summed E-state index contributed by atoms with van der Waals surface area (Å²) >= 11 is 5.95. The van der Waals surface area contributed by atoms with E-state index in [0.717, 1.165) is 29.9 Å². The van der Waals surface area contributed by atoms with E-state index in [1.807, 2.05) is 24.3 Å². The van der Waals surface area contributed by atoms with Crippen molar-refractivity contribution in [2.75, 3.05) is 5.32 Å². The Balaban J connectivity index is 1.48. The van der Waals surface area contributed by atoms with E-state index in [2.05, 4.69) is 20.3 Å². The third-order valence-electron chi connectivity index (χ3n) is 4.90. The maximum atomic E-state index is 12.2. The Morgan fingerprint density at radius 3 is 2.75 bits per heavy atom. The molecule has 4 rings (SSSR count). The third kappa shape index (κ3) is 4.34. The fourth-order valence-electron chi connectivity index (χ4n) is 3.58. The minimum atomic E-state index is -0.294. The molecule has 1 aliphatic carbocycles. The van der Waals surface area contributed by atoms with Gasteiger partial charge in [-0.05, 0) is 49.2 Å². The lowest BCUT2D eigenvalue weighted by molar-refractivity contribution is 0.251. The zero-order valence-corrected chi connectivity index (χ0v) is 16.2. The van der Waals surface area contributed by atoms with Crippen molar-refractivity contribution in [1.82, 2.24) is 20.1 Å². The number of nitrogens with one attached hydrogen (secondary N) is 2. The first-order valence-electron chi connectivity index (χ1n) is 9.49. The molecule has 1 fully saturated rings. The van der Waals surface area contributed by atoms with Crippen molar-refractivity contribution in [1.29, 1.82) is 0 Å². The van der Waals surface area contributed by atoms with E-state index in [-0.39, 0.29) is 6.03 Å². The van der Waals surface area contributed by atoms with Gasteiger partial charge in [-0.15, -0.1) is 0 Å². The summed E-state index contributed by atoms with van der Waals surface area (Å²) in [6.07, 6.45) is 6.49. The van der Waals surface area contributed by atoms with Crippen LogP contribution in [0.25, 0.3) is 11.4 Å². The zero-order valence-electron chi connectivity index (χ0n) is 15.4. The molecule has 2 N–H and O–H groups in total. The molecule has 7 heteroatoms. The summed E-state index contributed by atoms with van der Waals surface area (Å²) in [6.45, 7) is 0.339. The van der Waals surface area contributed by atoms with Crippen molar-refractivity contribution in [3.63, 3.8) is 0 Å². The Kier molecular flexibility index (Phi) is 5.58. The van der Waals surface area contributed by atoms with Crippen LogP contribution in [-0.4, -0.2) is 20.8 Å². The Morgan fingerprint density at radius 2 is 2.00 bits per heavy atom. The van der Waals surface area contributed by atoms with E-state index in [1.54, 1.807) is 30.5 Å². The van der Waals surface area contributed by atoms with Crippen LogP contribution in [0.15, 0.2) is 54.7 Å². The molecule has 3 aromatic rings. The Morgan fingerprint density at radius 1 is 1.14 bits per heavy atom. The maximum Gasteiger partial charge on any atom is 0.319 e. The number of urea groups is 1. The average Bonchev–Trinajstić information content (AvgIpc) is 3.37. The van der Waals surface area contributed by atoms with E-state index in [4.69, 9.17) is 16.7 Å². The molecular formula is C21H22ClN5O. The number of benzene rings is 1. The maximum absolute atomic E-state index is 12.2. The lowest BCUT2D eigenvalue weighted by Gasteiger charge is -2.13. The first kappa shape index (κ1) is 18.5. The quantitative estimate of drug-likeness (QED) is 0.636. The van der Waals surface area contributed by atoms with Gasteiger partial charge in [0.25, 0.3) is 0 Å². The first-order valence-corrected chi connectivity index (χ1v) is 9.87. The molecule has 2 heterocycles. The normalized spacial score (nSPS) is 14.2. The van der Waals surface area contributed by atoms with Crippen molar-refractivity contribution < 1.29 is 4.79 Å². The van der Waals surface area contributed by atoms with Crippen molar-refractivity contribution >= 4 is 23.3 Å². The van der Waals surface area contributed by atoms with E-state index in [1.165, 1.54) is 12.8 Å². The first-order chi connectivity index (χ1) is 13.7. The number of nitrogens with zero attached hydrogens (tertiary/aromatic N) is 3. The minimum absolute atomic E-state index is 0.294. The second-order valence-corrected chi connectivity index (χ2v) is 7.37. The molecule has 2 amide bonds. The van der Waals surface area contributed by atoms with Crippen LogP contribution in [-0.2, 0) is 6.54 Å². The lowest BCUT2D eigenvalue weighted by atomic mass is 10.2. The van der Waals surface area contributed by atoms with Gasteiger partial charge in [-0.1, -0.05) is 36.6 Å². The van der Waals surface area contributed by atoms with Gasteiger partial charge in [-0.3, -0.25) is 9.67 Å². The monoisotopic (exact) mass is 395 g/mol. The van der Waals surface area contributed by atoms with Gasteiger partial charge in [-0.25, -0.2) is 4.79 Å². The molecule has 0 spiro atoms. The predicted octanol–water partition coefficient (Wildman–Crippen LogP) is 5.04. The molecule has 0 unspecified atom stereocenters. The Bertz CT molecular complexity index is 950. The summed E-state index contributed by atoms with van der Waals surface area (Å²) in [4.78, 5) is 16.7. The Labute approximate surface area is 168 Å². The number of aromatic nitrogens is 3. The molecule has 0 aliphatic heterocycles. The summed E-state index contributed by atoms with van der Waals surface area (Å²) in [7, 11) is 0. The van der Waals surface area contributed by atoms with Crippen LogP contribution in [0.3, 0.4) is 0 Å². The van der Waals surface area contributed by atoms with Crippen LogP contribution in [0.5, 0.6) is 0 Å². The van der Waals surface area contributed by atoms with E-state index < -0.39 is 0 Å². The van der Waals surface area contributed by atoms with Crippen LogP contribution >= 0.6 is 11.6 Å². The van der Waals surface area contributed by atoms with Gasteiger partial charge in [0.2, 0.25) is 0 Å². The van der Waals surface area contributed by atoms with Crippen molar-refractivity contribution in [3.8, 4) is 11.4 Å². The molecule has 0 bridgehead atoms. The van der Waals surface area contributed by atoms with Crippen LogP contribution in [0.4, 0.5) is 10.5 Å². The molecule has 1 aromatic carbocycles. The summed E-state index contributed by atoms with van der Waals surface area (Å²) < 4.78 is 2.08. The highest BCUT2D eigenvalue weighted by Gasteiger charge is 2.22. The smallest absolute Gasteiger partial charge is 0.319 e. The van der Waals surface area contributed by atoms with Gasteiger partial charge in [0, 0.05) is 16.9 Å². The fourth-order valence-corrected chi connectivity index (χ4v) is 3.77. The second-order valence-electron chi connectivity index (χ2n) is 6.94. The van der Waals surface area contributed by atoms with Crippen molar-refractivity contribution in [2.24, 2.45) is 0 Å². The molecule has 2 aromatic heterocycles. The highest BCUT2D eigenvalue weighted by atomic mass is 35.5. The number of halogens is 1. The number of carbonyl (C=O) groups is 1. The van der Waals surface area contributed by atoms with Gasteiger partial charge in [0.15, 0.2) is 0 Å². The molecule has 0 radical (unpaired) electrons. The molecule has 0 atom stereocenters. The fraction of sp³-hybridized carbons (Fsp3) is 0.286. The average molecular weight is 396 g/mol. The topological polar surface area (TPSA) is 71.8 Å². The molecule has 6 nitrogen and oxygen atoms in total. The molecular weight excluding hydrogens is 374 g/mol. The van der Waals surface area contributed by atoms with Crippen LogP contribution in [0, 0.1) is 0 Å². The Hall–Kier alpha value is -2.86. The predicted molar refractivity (Wildman–Crippen MR) is 110 cm³/mol. The summed E-state index contributed by atoms with van der Waals surface area (Å²) in [5, 5.41) is 11.0. The largest absolute Gasteiger partial charge is 0.332 e. The van der Waals surface area contributed by atoms with E-state index in [0.29, 0.717) is 23.3 Å². The molecule has 1 aliphatic rings. The molecule has 1 saturated carbocycles. The number of hydrogen-bond donors (Lipinski definition) is 2. The molecule has 28 heavy (non-hydrogen) atoms. The number of pyridine rings is 1. The third-order valence-corrected chi connectivity index (χ3v) is 5.13. The zero-order chi connectivity index (χ0) is 19.3.